The maximum absolute atomic E-state index is 12.8. The van der Waals surface area contributed by atoms with E-state index in [4.69, 9.17) is 14.2 Å². The first kappa shape index (κ1) is 20.1. The molecule has 150 valence electrons. The van der Waals surface area contributed by atoms with E-state index in [-0.39, 0.29) is 11.9 Å². The molecule has 1 atom stereocenters. The van der Waals surface area contributed by atoms with E-state index in [0.29, 0.717) is 37.8 Å². The zero-order chi connectivity index (χ0) is 19.8. The first-order valence-corrected chi connectivity index (χ1v) is 9.54. The summed E-state index contributed by atoms with van der Waals surface area (Å²) in [5.41, 5.74) is 1.57. The highest BCUT2D eigenvalue weighted by Gasteiger charge is 2.24. The van der Waals surface area contributed by atoms with E-state index in [1.165, 1.54) is 0 Å². The molecule has 2 aromatic rings. The van der Waals surface area contributed by atoms with Gasteiger partial charge in [-0.25, -0.2) is 4.98 Å². The third-order valence-electron chi connectivity index (χ3n) is 4.74. The number of nitrogens with zero attached hydrogens (tertiary/aromatic N) is 2. The number of ether oxygens (including phenoxy) is 3. The number of hydrogen-bond acceptors (Lipinski definition) is 6. The van der Waals surface area contributed by atoms with E-state index in [0.717, 1.165) is 24.4 Å². The summed E-state index contributed by atoms with van der Waals surface area (Å²) in [4.78, 5) is 19.3. The van der Waals surface area contributed by atoms with E-state index in [1.807, 2.05) is 31.2 Å². The summed E-state index contributed by atoms with van der Waals surface area (Å²) in [7, 11) is 1.65. The van der Waals surface area contributed by atoms with Crippen LogP contribution in [0.5, 0.6) is 11.6 Å². The van der Waals surface area contributed by atoms with Crippen molar-refractivity contribution in [2.45, 2.75) is 13.0 Å². The Hall–Kier alpha value is -2.64. The average Bonchev–Trinajstić information content (AvgIpc) is 2.75. The van der Waals surface area contributed by atoms with Crippen molar-refractivity contribution < 1.29 is 19.0 Å². The lowest BCUT2D eigenvalue weighted by atomic mass is 10.0. The summed E-state index contributed by atoms with van der Waals surface area (Å²) in [5.74, 6) is 0.975. The molecule has 0 aliphatic carbocycles. The van der Waals surface area contributed by atoms with Crippen molar-refractivity contribution in [2.75, 3.05) is 46.6 Å². The predicted molar refractivity (Wildman–Crippen MR) is 106 cm³/mol. The molecule has 3 rings (SSSR count). The molecule has 0 bridgehead atoms. The van der Waals surface area contributed by atoms with Crippen LogP contribution in [0.3, 0.4) is 0 Å². The lowest BCUT2D eigenvalue weighted by Crippen LogP contribution is -2.43. The number of hydrogen-bond donors (Lipinski definition) is 1. The lowest BCUT2D eigenvalue weighted by Gasteiger charge is -2.35. The van der Waals surface area contributed by atoms with Gasteiger partial charge in [0.1, 0.15) is 11.3 Å². The topological polar surface area (TPSA) is 72.9 Å². The number of rotatable bonds is 8. The van der Waals surface area contributed by atoms with Gasteiger partial charge in [0.2, 0.25) is 5.88 Å². The molecule has 1 aliphatic rings. The van der Waals surface area contributed by atoms with Crippen LogP contribution in [-0.4, -0.2) is 62.4 Å². The molecular formula is C21H27N3O4. The van der Waals surface area contributed by atoms with Crippen molar-refractivity contribution in [2.24, 2.45) is 0 Å². The number of benzene rings is 1. The van der Waals surface area contributed by atoms with Crippen LogP contribution >= 0.6 is 0 Å². The summed E-state index contributed by atoms with van der Waals surface area (Å²) in [6.07, 6.45) is 1.62. The molecule has 1 aromatic heterocycles. The summed E-state index contributed by atoms with van der Waals surface area (Å²) < 4.78 is 16.2. The van der Waals surface area contributed by atoms with Gasteiger partial charge in [-0.2, -0.15) is 0 Å². The number of nitrogens with one attached hydrogen (secondary N) is 1. The Morgan fingerprint density at radius 2 is 2.00 bits per heavy atom. The van der Waals surface area contributed by atoms with E-state index in [9.17, 15) is 4.79 Å². The van der Waals surface area contributed by atoms with Gasteiger partial charge in [-0.1, -0.05) is 12.1 Å². The van der Waals surface area contributed by atoms with Crippen molar-refractivity contribution in [1.82, 2.24) is 15.2 Å². The molecule has 1 amide bonds. The summed E-state index contributed by atoms with van der Waals surface area (Å²) >= 11 is 0. The Balaban J connectivity index is 1.74. The fourth-order valence-corrected chi connectivity index (χ4v) is 3.27. The minimum absolute atomic E-state index is 0.0472. The SMILES string of the molecule is CCOc1ncccc1C(=O)NC[C@H](c1ccc(OC)cc1)N1CCOCC1. The van der Waals surface area contributed by atoms with Gasteiger partial charge in [-0.15, -0.1) is 0 Å². The van der Waals surface area contributed by atoms with Crippen molar-refractivity contribution >= 4 is 5.91 Å². The van der Waals surface area contributed by atoms with Crippen LogP contribution < -0.4 is 14.8 Å². The molecule has 1 fully saturated rings. The zero-order valence-corrected chi connectivity index (χ0v) is 16.4. The van der Waals surface area contributed by atoms with E-state index in [2.05, 4.69) is 15.2 Å². The van der Waals surface area contributed by atoms with Gasteiger partial charge >= 0.3 is 0 Å². The quantitative estimate of drug-likeness (QED) is 0.752. The van der Waals surface area contributed by atoms with Gasteiger partial charge in [0.25, 0.3) is 5.91 Å². The van der Waals surface area contributed by atoms with Gasteiger partial charge in [0.15, 0.2) is 0 Å². The fraction of sp³-hybridized carbons (Fsp3) is 0.429. The summed E-state index contributed by atoms with van der Waals surface area (Å²) in [6, 6.07) is 11.5. The highest BCUT2D eigenvalue weighted by atomic mass is 16.5. The van der Waals surface area contributed by atoms with Gasteiger partial charge in [-0.05, 0) is 36.8 Å². The van der Waals surface area contributed by atoms with Crippen LogP contribution in [0.1, 0.15) is 28.9 Å². The van der Waals surface area contributed by atoms with E-state index in [1.54, 1.807) is 25.4 Å². The maximum atomic E-state index is 12.8. The third-order valence-corrected chi connectivity index (χ3v) is 4.74. The molecular weight excluding hydrogens is 358 g/mol. The van der Waals surface area contributed by atoms with Crippen molar-refractivity contribution in [3.8, 4) is 11.6 Å². The first-order chi connectivity index (χ1) is 13.7. The Morgan fingerprint density at radius 3 is 2.68 bits per heavy atom. The molecule has 1 aliphatic heterocycles. The minimum Gasteiger partial charge on any atom is -0.497 e. The van der Waals surface area contributed by atoms with Crippen molar-refractivity contribution in [3.63, 3.8) is 0 Å². The van der Waals surface area contributed by atoms with Crippen LogP contribution in [0, 0.1) is 0 Å². The van der Waals surface area contributed by atoms with Gasteiger partial charge in [0, 0.05) is 25.8 Å². The van der Waals surface area contributed by atoms with E-state index >= 15 is 0 Å². The van der Waals surface area contributed by atoms with Gasteiger partial charge < -0.3 is 19.5 Å². The molecule has 0 spiro atoms. The Kier molecular flexibility index (Phi) is 7.22. The van der Waals surface area contributed by atoms with Crippen LogP contribution in [0.25, 0.3) is 0 Å². The first-order valence-electron chi connectivity index (χ1n) is 9.54. The van der Waals surface area contributed by atoms with Crippen molar-refractivity contribution in [3.05, 3.63) is 53.7 Å². The largest absolute Gasteiger partial charge is 0.497 e. The van der Waals surface area contributed by atoms with E-state index < -0.39 is 0 Å². The smallest absolute Gasteiger partial charge is 0.256 e. The fourth-order valence-electron chi connectivity index (χ4n) is 3.27. The Labute approximate surface area is 165 Å². The second-order valence-corrected chi connectivity index (χ2v) is 6.44. The molecule has 1 saturated heterocycles. The second kappa shape index (κ2) is 10.1. The van der Waals surface area contributed by atoms with Crippen LogP contribution in [0.2, 0.25) is 0 Å². The highest BCUT2D eigenvalue weighted by molar-refractivity contribution is 5.96. The molecule has 0 radical (unpaired) electrons. The standard InChI is InChI=1S/C21H27N3O4/c1-3-28-21-18(5-4-10-22-21)20(25)23-15-19(24-11-13-27-14-12-24)16-6-8-17(26-2)9-7-16/h4-10,19H,3,11-15H2,1-2H3,(H,23,25)/t19-/m1/s1. The molecule has 1 N–H and O–H groups in total. The highest BCUT2D eigenvalue weighted by Crippen LogP contribution is 2.24. The van der Waals surface area contributed by atoms with Crippen LogP contribution in [-0.2, 0) is 4.74 Å². The Bertz CT molecular complexity index is 761. The number of aromatic nitrogens is 1. The molecule has 28 heavy (non-hydrogen) atoms. The molecule has 7 heteroatoms. The molecule has 1 aromatic carbocycles. The van der Waals surface area contributed by atoms with Crippen molar-refractivity contribution in [1.29, 1.82) is 0 Å². The number of carbonyl (C=O) groups excluding carboxylic acids is 1. The van der Waals surface area contributed by atoms with Crippen LogP contribution in [0.15, 0.2) is 42.6 Å². The van der Waals surface area contributed by atoms with Crippen LogP contribution in [0.4, 0.5) is 0 Å². The molecule has 2 heterocycles. The van der Waals surface area contributed by atoms with Gasteiger partial charge in [0.05, 0.1) is 33.0 Å². The normalized spacial score (nSPS) is 15.6. The predicted octanol–water partition coefficient (Wildman–Crippen LogP) is 2.29. The molecule has 7 nitrogen and oxygen atoms in total. The van der Waals surface area contributed by atoms with Gasteiger partial charge in [-0.3, -0.25) is 9.69 Å². The average molecular weight is 385 g/mol. The number of amides is 1. The summed E-state index contributed by atoms with van der Waals surface area (Å²) in [6.45, 7) is 5.84. The molecule has 0 saturated carbocycles. The minimum atomic E-state index is -0.191. The Morgan fingerprint density at radius 1 is 1.25 bits per heavy atom. The molecule has 0 unspecified atom stereocenters. The lowest BCUT2D eigenvalue weighted by molar-refractivity contribution is 0.0162. The number of carbonyl (C=O) groups is 1. The second-order valence-electron chi connectivity index (χ2n) is 6.44. The number of pyridine rings is 1. The monoisotopic (exact) mass is 385 g/mol. The zero-order valence-electron chi connectivity index (χ0n) is 16.4. The number of methoxy groups -OCH3 is 1. The summed E-state index contributed by atoms with van der Waals surface area (Å²) in [5, 5.41) is 3.05. The third kappa shape index (κ3) is 4.99. The number of morpholine rings is 1. The maximum Gasteiger partial charge on any atom is 0.256 e.